The molecule has 3 rings (SSSR count). The number of hydrogen-bond donors (Lipinski definition) is 2. The van der Waals surface area contributed by atoms with Gasteiger partial charge >= 0.3 is 0 Å². The van der Waals surface area contributed by atoms with Crippen LogP contribution in [0.2, 0.25) is 0 Å². The van der Waals surface area contributed by atoms with E-state index in [2.05, 4.69) is 25.9 Å². The van der Waals surface area contributed by atoms with Crippen molar-refractivity contribution in [1.82, 2.24) is 9.97 Å². The lowest BCUT2D eigenvalue weighted by atomic mass is 10.2. The molecule has 0 radical (unpaired) electrons. The molecule has 0 aliphatic carbocycles. The Morgan fingerprint density at radius 2 is 1.95 bits per heavy atom. The van der Waals surface area contributed by atoms with Crippen LogP contribution in [0.3, 0.4) is 0 Å². The summed E-state index contributed by atoms with van der Waals surface area (Å²) in [6.45, 7) is 0.330. The van der Waals surface area contributed by atoms with Gasteiger partial charge in [-0.2, -0.15) is 4.98 Å². The summed E-state index contributed by atoms with van der Waals surface area (Å²) < 4.78 is 6.54. The van der Waals surface area contributed by atoms with E-state index in [1.807, 2.05) is 24.3 Å². The maximum Gasteiger partial charge on any atom is 0.297 e. The molecule has 21 heavy (non-hydrogen) atoms. The molecule has 6 heteroatoms. The number of anilines is 1. The highest BCUT2D eigenvalue weighted by Gasteiger charge is 2.05. The van der Waals surface area contributed by atoms with Gasteiger partial charge in [-0.1, -0.05) is 28.1 Å². The number of nitrogen functional groups attached to an aromatic ring is 1. The second-order valence-electron chi connectivity index (χ2n) is 4.56. The predicted octanol–water partition coefficient (Wildman–Crippen LogP) is 2.85. The van der Waals surface area contributed by atoms with Gasteiger partial charge in [0.1, 0.15) is 6.61 Å². The first kappa shape index (κ1) is 13.6. The molecule has 0 spiro atoms. The highest BCUT2D eigenvalue weighted by molar-refractivity contribution is 9.10. The molecule has 0 saturated heterocycles. The molecule has 106 valence electrons. The Hall–Kier alpha value is -2.34. The average molecular weight is 346 g/mol. The second-order valence-corrected chi connectivity index (χ2v) is 5.48. The van der Waals surface area contributed by atoms with Gasteiger partial charge in [0.15, 0.2) is 0 Å². The van der Waals surface area contributed by atoms with Crippen LogP contribution >= 0.6 is 15.9 Å². The van der Waals surface area contributed by atoms with Gasteiger partial charge < -0.3 is 10.5 Å². The number of benzene rings is 2. The third-order valence-electron chi connectivity index (χ3n) is 3.00. The van der Waals surface area contributed by atoms with Crippen LogP contribution in [0.5, 0.6) is 6.01 Å². The normalized spacial score (nSPS) is 10.7. The van der Waals surface area contributed by atoms with Gasteiger partial charge in [-0.15, -0.1) is 0 Å². The predicted molar refractivity (Wildman–Crippen MR) is 85.3 cm³/mol. The van der Waals surface area contributed by atoms with Crippen LogP contribution in [0.1, 0.15) is 5.56 Å². The minimum absolute atomic E-state index is 0.195. The van der Waals surface area contributed by atoms with E-state index in [0.29, 0.717) is 23.2 Å². The maximum absolute atomic E-state index is 12.0. The molecule has 3 N–H and O–H groups in total. The molecule has 0 aliphatic heterocycles. The van der Waals surface area contributed by atoms with Crippen molar-refractivity contribution in [2.24, 2.45) is 0 Å². The number of aromatic nitrogens is 2. The first-order chi connectivity index (χ1) is 10.1. The molecule has 0 saturated carbocycles. The third kappa shape index (κ3) is 3.05. The lowest BCUT2D eigenvalue weighted by molar-refractivity contribution is 0.281. The van der Waals surface area contributed by atoms with Crippen LogP contribution in [0.25, 0.3) is 10.9 Å². The minimum atomic E-state index is -0.266. The number of halogens is 1. The fraction of sp³-hybridized carbons (Fsp3) is 0.0667. The summed E-state index contributed by atoms with van der Waals surface area (Å²) in [5, 5.41) is 0.450. The summed E-state index contributed by atoms with van der Waals surface area (Å²) in [7, 11) is 0. The Bertz CT molecular complexity index is 844. The zero-order valence-electron chi connectivity index (χ0n) is 11.0. The van der Waals surface area contributed by atoms with Gasteiger partial charge in [0, 0.05) is 10.2 Å². The lowest BCUT2D eigenvalue weighted by Gasteiger charge is -2.06. The standard InChI is InChI=1S/C15H12BrN3O2/c16-10-3-1-9(2-4-10)8-21-15-18-13-6-5-11(17)7-12(13)14(20)19-15/h1-7H,8,17H2,(H,18,19,20). The average Bonchev–Trinajstić information content (AvgIpc) is 2.47. The van der Waals surface area contributed by atoms with Crippen molar-refractivity contribution in [2.45, 2.75) is 6.61 Å². The number of rotatable bonds is 3. The van der Waals surface area contributed by atoms with Crippen LogP contribution in [-0.2, 0) is 6.61 Å². The van der Waals surface area contributed by atoms with E-state index < -0.39 is 0 Å². The van der Waals surface area contributed by atoms with Gasteiger partial charge in [-0.25, -0.2) is 0 Å². The number of aromatic amines is 1. The van der Waals surface area contributed by atoms with E-state index in [9.17, 15) is 4.79 Å². The van der Waals surface area contributed by atoms with Gasteiger partial charge in [0.2, 0.25) is 0 Å². The Morgan fingerprint density at radius 3 is 2.71 bits per heavy atom. The van der Waals surface area contributed by atoms with E-state index in [1.165, 1.54) is 0 Å². The highest BCUT2D eigenvalue weighted by Crippen LogP contribution is 2.15. The van der Waals surface area contributed by atoms with Crippen molar-refractivity contribution in [1.29, 1.82) is 0 Å². The molecule has 2 aromatic carbocycles. The minimum Gasteiger partial charge on any atom is -0.460 e. The number of ether oxygens (including phenoxy) is 1. The molecule has 1 heterocycles. The molecule has 0 aliphatic rings. The summed E-state index contributed by atoms with van der Waals surface area (Å²) in [5.41, 5.74) is 7.46. The molecular weight excluding hydrogens is 334 g/mol. The molecule has 0 atom stereocenters. The van der Waals surface area contributed by atoms with Crippen LogP contribution < -0.4 is 16.0 Å². The monoisotopic (exact) mass is 345 g/mol. The summed E-state index contributed by atoms with van der Waals surface area (Å²) in [5.74, 6) is 0. The van der Waals surface area contributed by atoms with E-state index in [0.717, 1.165) is 10.0 Å². The molecule has 5 nitrogen and oxygen atoms in total. The number of fused-ring (bicyclic) bond motifs is 1. The Balaban J connectivity index is 1.86. The van der Waals surface area contributed by atoms with Gasteiger partial charge in [-0.3, -0.25) is 9.78 Å². The molecule has 0 fully saturated rings. The molecule has 3 aromatic rings. The zero-order chi connectivity index (χ0) is 14.8. The molecular formula is C15H12BrN3O2. The van der Waals surface area contributed by atoms with Crippen LogP contribution in [0.4, 0.5) is 5.69 Å². The summed E-state index contributed by atoms with van der Waals surface area (Å²) in [6.07, 6.45) is 0. The molecule has 1 aromatic heterocycles. The molecule has 0 unspecified atom stereocenters. The molecule has 0 bridgehead atoms. The van der Waals surface area contributed by atoms with Crippen LogP contribution in [0, 0.1) is 0 Å². The fourth-order valence-electron chi connectivity index (χ4n) is 1.94. The largest absolute Gasteiger partial charge is 0.460 e. The number of H-pyrrole nitrogens is 1. The number of nitrogens with zero attached hydrogens (tertiary/aromatic N) is 1. The van der Waals surface area contributed by atoms with Crippen LogP contribution in [-0.4, -0.2) is 9.97 Å². The van der Waals surface area contributed by atoms with Crippen molar-refractivity contribution in [2.75, 3.05) is 5.73 Å². The van der Waals surface area contributed by atoms with Crippen LogP contribution in [0.15, 0.2) is 51.7 Å². The summed E-state index contributed by atoms with van der Waals surface area (Å²) in [4.78, 5) is 18.8. The smallest absolute Gasteiger partial charge is 0.297 e. The van der Waals surface area contributed by atoms with Crippen molar-refractivity contribution < 1.29 is 4.74 Å². The molecule has 0 amide bonds. The zero-order valence-corrected chi connectivity index (χ0v) is 12.6. The summed E-state index contributed by atoms with van der Waals surface area (Å²) in [6, 6.07) is 12.9. The number of nitrogens with one attached hydrogen (secondary N) is 1. The topological polar surface area (TPSA) is 81.0 Å². The number of hydrogen-bond acceptors (Lipinski definition) is 4. The number of nitrogens with two attached hydrogens (primary N) is 1. The first-order valence-corrected chi connectivity index (χ1v) is 7.08. The SMILES string of the molecule is Nc1ccc2nc(OCc3ccc(Br)cc3)[nH]c(=O)c2c1. The lowest BCUT2D eigenvalue weighted by Crippen LogP contribution is -2.11. The van der Waals surface area contributed by atoms with Gasteiger partial charge in [0.05, 0.1) is 10.9 Å². The third-order valence-corrected chi connectivity index (χ3v) is 3.53. The van der Waals surface area contributed by atoms with Gasteiger partial charge in [-0.05, 0) is 35.9 Å². The fourth-order valence-corrected chi connectivity index (χ4v) is 2.20. The second kappa shape index (κ2) is 5.57. The van der Waals surface area contributed by atoms with E-state index in [4.69, 9.17) is 10.5 Å². The van der Waals surface area contributed by atoms with E-state index in [-0.39, 0.29) is 11.6 Å². The first-order valence-electron chi connectivity index (χ1n) is 6.28. The van der Waals surface area contributed by atoms with Crippen molar-refractivity contribution in [3.05, 3.63) is 62.9 Å². The Labute approximate surface area is 128 Å². The quantitative estimate of drug-likeness (QED) is 0.715. The van der Waals surface area contributed by atoms with Gasteiger partial charge in [0.25, 0.3) is 11.6 Å². The summed E-state index contributed by atoms with van der Waals surface area (Å²) >= 11 is 3.37. The maximum atomic E-state index is 12.0. The Morgan fingerprint density at radius 1 is 1.19 bits per heavy atom. The van der Waals surface area contributed by atoms with E-state index in [1.54, 1.807) is 18.2 Å². The Kier molecular flexibility index (Phi) is 3.62. The van der Waals surface area contributed by atoms with Crippen molar-refractivity contribution in [3.8, 4) is 6.01 Å². The van der Waals surface area contributed by atoms with E-state index >= 15 is 0 Å². The van der Waals surface area contributed by atoms with Crippen molar-refractivity contribution in [3.63, 3.8) is 0 Å². The van der Waals surface area contributed by atoms with Crippen molar-refractivity contribution >= 4 is 32.5 Å². The highest BCUT2D eigenvalue weighted by atomic mass is 79.9.